The highest BCUT2D eigenvalue weighted by atomic mass is 35.5. The van der Waals surface area contributed by atoms with Crippen molar-refractivity contribution >= 4 is 29.1 Å². The molecule has 1 aliphatic rings. The van der Waals surface area contributed by atoms with E-state index in [1.165, 1.54) is 12.8 Å². The van der Waals surface area contributed by atoms with Gasteiger partial charge in [-0.1, -0.05) is 42.3 Å². The predicted octanol–water partition coefficient (Wildman–Crippen LogP) is 4.16. The molecule has 0 saturated carbocycles. The van der Waals surface area contributed by atoms with Crippen LogP contribution in [0.4, 0.5) is 0 Å². The molecule has 1 aliphatic heterocycles. The number of carbonyl (C=O) groups excluding carboxylic acids is 1. The topological polar surface area (TPSA) is 32.3 Å². The van der Waals surface area contributed by atoms with E-state index < -0.39 is 0 Å². The van der Waals surface area contributed by atoms with Crippen molar-refractivity contribution in [3.8, 4) is 0 Å². The molecule has 0 aliphatic carbocycles. The molecule has 1 saturated heterocycles. The first-order chi connectivity index (χ1) is 11.0. The molecule has 1 aromatic carbocycles. The first kappa shape index (κ1) is 18.6. The van der Waals surface area contributed by atoms with Gasteiger partial charge in [0.05, 0.1) is 10.0 Å². The normalized spacial score (nSPS) is 20.3. The maximum Gasteiger partial charge on any atom is 0.220 e. The van der Waals surface area contributed by atoms with Gasteiger partial charge in [0, 0.05) is 25.6 Å². The van der Waals surface area contributed by atoms with Crippen molar-refractivity contribution in [2.24, 2.45) is 5.92 Å². The summed E-state index contributed by atoms with van der Waals surface area (Å²) in [4.78, 5) is 14.5. The van der Waals surface area contributed by atoms with Crippen LogP contribution < -0.4 is 5.32 Å². The third kappa shape index (κ3) is 5.66. The molecule has 0 aromatic heterocycles. The third-order valence-electron chi connectivity index (χ3n) is 4.56. The lowest BCUT2D eigenvalue weighted by atomic mass is 9.99. The number of aryl methyl sites for hydroxylation is 1. The Hall–Kier alpha value is -0.770. The molecule has 1 aromatic rings. The Balaban J connectivity index is 1.73. The van der Waals surface area contributed by atoms with Gasteiger partial charge in [0.25, 0.3) is 0 Å². The van der Waals surface area contributed by atoms with Crippen LogP contribution in [0, 0.1) is 5.92 Å². The van der Waals surface area contributed by atoms with Gasteiger partial charge in [-0.2, -0.15) is 0 Å². The molecule has 1 N–H and O–H groups in total. The highest BCUT2D eigenvalue weighted by molar-refractivity contribution is 6.42. The molecule has 1 fully saturated rings. The van der Waals surface area contributed by atoms with E-state index in [-0.39, 0.29) is 5.91 Å². The largest absolute Gasteiger partial charge is 0.355 e. The summed E-state index contributed by atoms with van der Waals surface area (Å²) in [6.07, 6.45) is 3.62. The number of piperidine rings is 1. The lowest BCUT2D eigenvalue weighted by molar-refractivity contribution is -0.121. The van der Waals surface area contributed by atoms with E-state index in [1.54, 1.807) is 6.07 Å². The van der Waals surface area contributed by atoms with E-state index in [4.69, 9.17) is 23.2 Å². The highest BCUT2D eigenvalue weighted by Gasteiger charge is 2.21. The fourth-order valence-electron chi connectivity index (χ4n) is 3.09. The van der Waals surface area contributed by atoms with Crippen LogP contribution in [0.15, 0.2) is 18.2 Å². The Labute approximate surface area is 149 Å². The Morgan fingerprint density at radius 1 is 1.43 bits per heavy atom. The molecule has 2 atom stereocenters. The second-order valence-electron chi connectivity index (χ2n) is 6.61. The molecule has 2 unspecified atom stereocenters. The zero-order valence-corrected chi connectivity index (χ0v) is 15.5. The molecule has 3 nitrogen and oxygen atoms in total. The quantitative estimate of drug-likeness (QED) is 0.829. The zero-order valence-electron chi connectivity index (χ0n) is 13.9. The maximum absolute atomic E-state index is 12.1. The Morgan fingerprint density at radius 3 is 2.96 bits per heavy atom. The molecule has 128 valence electrons. The third-order valence-corrected chi connectivity index (χ3v) is 5.42. The molecular formula is C18H26Cl2N2O. The molecule has 0 bridgehead atoms. The molecule has 1 heterocycles. The van der Waals surface area contributed by atoms with Crippen LogP contribution in [0.5, 0.6) is 0 Å². The Bertz CT molecular complexity index is 536. The van der Waals surface area contributed by atoms with Crippen LogP contribution in [-0.2, 0) is 11.2 Å². The van der Waals surface area contributed by atoms with Gasteiger partial charge in [-0.05, 0) is 50.3 Å². The van der Waals surface area contributed by atoms with Gasteiger partial charge in [-0.15, -0.1) is 0 Å². The average molecular weight is 357 g/mol. The SMILES string of the molecule is CC1CCCN(C(C)CNC(=O)CCc2cccc(Cl)c2Cl)C1. The molecule has 1 amide bonds. The maximum atomic E-state index is 12.1. The van der Waals surface area contributed by atoms with Crippen LogP contribution in [0.25, 0.3) is 0 Å². The molecular weight excluding hydrogens is 331 g/mol. The predicted molar refractivity (Wildman–Crippen MR) is 97.2 cm³/mol. The first-order valence-electron chi connectivity index (χ1n) is 8.41. The summed E-state index contributed by atoms with van der Waals surface area (Å²) < 4.78 is 0. The summed E-state index contributed by atoms with van der Waals surface area (Å²) in [6, 6.07) is 5.92. The van der Waals surface area contributed by atoms with Crippen LogP contribution in [0.3, 0.4) is 0 Å². The number of hydrogen-bond acceptors (Lipinski definition) is 2. The minimum absolute atomic E-state index is 0.0675. The van der Waals surface area contributed by atoms with Gasteiger partial charge in [-0.25, -0.2) is 0 Å². The van der Waals surface area contributed by atoms with Crippen molar-refractivity contribution in [3.05, 3.63) is 33.8 Å². The van der Waals surface area contributed by atoms with Gasteiger partial charge >= 0.3 is 0 Å². The van der Waals surface area contributed by atoms with Crippen molar-refractivity contribution in [3.63, 3.8) is 0 Å². The van der Waals surface area contributed by atoms with Crippen molar-refractivity contribution in [1.82, 2.24) is 10.2 Å². The summed E-state index contributed by atoms with van der Waals surface area (Å²) in [5, 5.41) is 4.13. The Morgan fingerprint density at radius 2 is 2.22 bits per heavy atom. The van der Waals surface area contributed by atoms with Crippen molar-refractivity contribution in [2.75, 3.05) is 19.6 Å². The fourth-order valence-corrected chi connectivity index (χ4v) is 3.51. The lowest BCUT2D eigenvalue weighted by Gasteiger charge is -2.35. The second-order valence-corrected chi connectivity index (χ2v) is 7.39. The van der Waals surface area contributed by atoms with Crippen LogP contribution in [0.1, 0.15) is 38.7 Å². The molecule has 0 radical (unpaired) electrons. The summed E-state index contributed by atoms with van der Waals surface area (Å²) >= 11 is 12.1. The summed E-state index contributed by atoms with van der Waals surface area (Å²) in [6.45, 7) is 7.46. The van der Waals surface area contributed by atoms with E-state index in [2.05, 4.69) is 24.1 Å². The number of halogens is 2. The number of likely N-dealkylation sites (tertiary alicyclic amines) is 1. The summed E-state index contributed by atoms with van der Waals surface area (Å²) in [7, 11) is 0. The first-order valence-corrected chi connectivity index (χ1v) is 9.16. The van der Waals surface area contributed by atoms with Crippen molar-refractivity contribution in [1.29, 1.82) is 0 Å². The number of rotatable bonds is 6. The molecule has 5 heteroatoms. The van der Waals surface area contributed by atoms with Crippen LogP contribution >= 0.6 is 23.2 Å². The lowest BCUT2D eigenvalue weighted by Crippen LogP contribution is -2.46. The number of benzene rings is 1. The Kier molecular flexibility index (Phi) is 7.19. The van der Waals surface area contributed by atoms with E-state index >= 15 is 0 Å². The number of nitrogens with one attached hydrogen (secondary N) is 1. The van der Waals surface area contributed by atoms with Crippen molar-refractivity contribution in [2.45, 2.75) is 45.6 Å². The average Bonchev–Trinajstić information content (AvgIpc) is 2.54. The summed E-state index contributed by atoms with van der Waals surface area (Å²) in [5.74, 6) is 0.824. The van der Waals surface area contributed by atoms with E-state index in [0.29, 0.717) is 35.5 Å². The smallest absolute Gasteiger partial charge is 0.220 e. The summed E-state index contributed by atoms with van der Waals surface area (Å²) in [5.41, 5.74) is 0.923. The highest BCUT2D eigenvalue weighted by Crippen LogP contribution is 2.26. The van der Waals surface area contributed by atoms with Gasteiger partial charge in [0.1, 0.15) is 0 Å². The standard InChI is InChI=1S/C18H26Cl2N2O/c1-13-5-4-10-22(12-13)14(2)11-21-17(23)9-8-15-6-3-7-16(19)18(15)20/h3,6-7,13-14H,4-5,8-12H2,1-2H3,(H,21,23). The van der Waals surface area contributed by atoms with Gasteiger partial charge in [0.15, 0.2) is 0 Å². The minimum Gasteiger partial charge on any atom is -0.355 e. The number of hydrogen-bond donors (Lipinski definition) is 1. The van der Waals surface area contributed by atoms with E-state index in [9.17, 15) is 4.79 Å². The van der Waals surface area contributed by atoms with Crippen LogP contribution in [0.2, 0.25) is 10.0 Å². The molecule has 23 heavy (non-hydrogen) atoms. The molecule has 0 spiro atoms. The van der Waals surface area contributed by atoms with E-state index in [0.717, 1.165) is 24.6 Å². The van der Waals surface area contributed by atoms with Crippen LogP contribution in [-0.4, -0.2) is 36.5 Å². The molecule has 2 rings (SSSR count). The monoisotopic (exact) mass is 356 g/mol. The fraction of sp³-hybridized carbons (Fsp3) is 0.611. The zero-order chi connectivity index (χ0) is 16.8. The van der Waals surface area contributed by atoms with Gasteiger partial charge in [-0.3, -0.25) is 9.69 Å². The van der Waals surface area contributed by atoms with E-state index in [1.807, 2.05) is 12.1 Å². The van der Waals surface area contributed by atoms with Gasteiger partial charge in [0.2, 0.25) is 5.91 Å². The number of nitrogens with zero attached hydrogens (tertiary/aromatic N) is 1. The van der Waals surface area contributed by atoms with Gasteiger partial charge < -0.3 is 5.32 Å². The second kappa shape index (κ2) is 8.91. The minimum atomic E-state index is 0.0675. The number of amides is 1. The number of carbonyl (C=O) groups is 1. The van der Waals surface area contributed by atoms with Crippen molar-refractivity contribution < 1.29 is 4.79 Å².